The van der Waals surface area contributed by atoms with Crippen molar-refractivity contribution in [3.8, 4) is 0 Å². The molecular formula is C23H32N4O4. The molecule has 1 aromatic heterocycles. The van der Waals surface area contributed by atoms with Gasteiger partial charge in [0, 0.05) is 36.1 Å². The maximum Gasteiger partial charge on any atom is 0.414 e. The molecule has 31 heavy (non-hydrogen) atoms. The lowest BCUT2D eigenvalue weighted by Crippen LogP contribution is -2.38. The minimum Gasteiger partial charge on any atom is -0.444 e. The first-order valence-electron chi connectivity index (χ1n) is 10.1. The fourth-order valence-electron chi connectivity index (χ4n) is 2.69. The van der Waals surface area contributed by atoms with Gasteiger partial charge in [0.1, 0.15) is 17.0 Å². The second kappa shape index (κ2) is 9.68. The highest BCUT2D eigenvalue weighted by atomic mass is 16.6. The summed E-state index contributed by atoms with van der Waals surface area (Å²) < 4.78 is 10.8. The zero-order chi connectivity index (χ0) is 23.2. The molecule has 0 aliphatic carbocycles. The zero-order valence-electron chi connectivity index (χ0n) is 19.1. The first-order valence-corrected chi connectivity index (χ1v) is 10.1. The van der Waals surface area contributed by atoms with E-state index < -0.39 is 23.4 Å². The molecule has 1 aromatic carbocycles. The maximum atomic E-state index is 12.8. The maximum absolute atomic E-state index is 12.8. The summed E-state index contributed by atoms with van der Waals surface area (Å²) in [7, 11) is 0. The van der Waals surface area contributed by atoms with Crippen LogP contribution in [0.15, 0.2) is 42.5 Å². The summed E-state index contributed by atoms with van der Waals surface area (Å²) in [5.74, 6) is 0.285. The lowest BCUT2D eigenvalue weighted by Gasteiger charge is -2.27. The average molecular weight is 429 g/mol. The molecule has 1 heterocycles. The predicted molar refractivity (Wildman–Crippen MR) is 122 cm³/mol. The smallest absolute Gasteiger partial charge is 0.414 e. The molecule has 0 aliphatic rings. The average Bonchev–Trinajstić information content (AvgIpc) is 2.59. The van der Waals surface area contributed by atoms with Gasteiger partial charge in [0.05, 0.1) is 0 Å². The van der Waals surface area contributed by atoms with E-state index in [1.165, 1.54) is 0 Å². The number of anilines is 3. The standard InChI is InChI=1S/C23H32N4O4/c1-22(2,3)30-20(28)26-19-15-16(24)14-17(25-19)12-13-27(18-10-8-7-9-11-18)21(29)31-23(4,5)6/h7-11,14-15H,12-13H2,1-6H3,(H3,24,25,26,28). The third-order valence-corrected chi connectivity index (χ3v) is 3.80. The van der Waals surface area contributed by atoms with Crippen molar-refractivity contribution in [2.75, 3.05) is 22.5 Å². The van der Waals surface area contributed by atoms with Crippen molar-refractivity contribution >= 4 is 29.4 Å². The molecule has 168 valence electrons. The number of amides is 2. The van der Waals surface area contributed by atoms with Gasteiger partial charge in [0.15, 0.2) is 0 Å². The van der Waals surface area contributed by atoms with Crippen molar-refractivity contribution in [2.45, 2.75) is 59.2 Å². The minimum absolute atomic E-state index is 0.285. The molecule has 2 rings (SSSR count). The number of rotatable bonds is 5. The van der Waals surface area contributed by atoms with Gasteiger partial charge in [-0.25, -0.2) is 14.6 Å². The molecule has 8 heteroatoms. The summed E-state index contributed by atoms with van der Waals surface area (Å²) in [6, 6.07) is 12.5. The van der Waals surface area contributed by atoms with Crippen LogP contribution in [0.5, 0.6) is 0 Å². The SMILES string of the molecule is CC(C)(C)OC(=O)Nc1cc(N)cc(CCN(C(=O)OC(C)(C)C)c2ccccc2)n1. The Kier molecular flexibility index (Phi) is 7.49. The van der Waals surface area contributed by atoms with Crippen LogP contribution in [-0.2, 0) is 15.9 Å². The molecule has 0 bridgehead atoms. The number of nitrogen functional groups attached to an aromatic ring is 1. The molecule has 0 atom stereocenters. The van der Waals surface area contributed by atoms with Crippen molar-refractivity contribution in [1.29, 1.82) is 0 Å². The molecule has 0 aliphatic heterocycles. The van der Waals surface area contributed by atoms with Gasteiger partial charge >= 0.3 is 12.2 Å². The van der Waals surface area contributed by atoms with Gasteiger partial charge in [-0.1, -0.05) is 18.2 Å². The van der Waals surface area contributed by atoms with Gasteiger partial charge in [0.2, 0.25) is 0 Å². The molecule has 2 amide bonds. The Morgan fingerprint density at radius 1 is 1.00 bits per heavy atom. The Bertz CT molecular complexity index is 902. The second-order valence-electron chi connectivity index (χ2n) is 9.12. The largest absolute Gasteiger partial charge is 0.444 e. The molecule has 0 spiro atoms. The molecule has 2 aromatic rings. The number of para-hydroxylation sites is 1. The number of ether oxygens (including phenoxy) is 2. The fraction of sp³-hybridized carbons (Fsp3) is 0.435. The van der Waals surface area contributed by atoms with E-state index in [2.05, 4.69) is 10.3 Å². The zero-order valence-corrected chi connectivity index (χ0v) is 19.1. The number of pyridine rings is 1. The number of hydrogen-bond donors (Lipinski definition) is 2. The van der Waals surface area contributed by atoms with Crippen LogP contribution in [-0.4, -0.2) is 34.9 Å². The number of nitrogens with zero attached hydrogens (tertiary/aromatic N) is 2. The molecule has 0 saturated heterocycles. The third-order valence-electron chi connectivity index (χ3n) is 3.80. The van der Waals surface area contributed by atoms with Crippen molar-refractivity contribution in [3.05, 3.63) is 48.2 Å². The van der Waals surface area contributed by atoms with E-state index >= 15 is 0 Å². The lowest BCUT2D eigenvalue weighted by molar-refractivity contribution is 0.0578. The van der Waals surface area contributed by atoms with Crippen molar-refractivity contribution in [2.24, 2.45) is 0 Å². The first-order chi connectivity index (χ1) is 14.3. The van der Waals surface area contributed by atoms with E-state index in [4.69, 9.17) is 15.2 Å². The van der Waals surface area contributed by atoms with E-state index in [-0.39, 0.29) is 5.82 Å². The number of hydrogen-bond acceptors (Lipinski definition) is 6. The topological polar surface area (TPSA) is 107 Å². The molecular weight excluding hydrogens is 396 g/mol. The summed E-state index contributed by atoms with van der Waals surface area (Å²) in [5, 5.41) is 2.60. The van der Waals surface area contributed by atoms with Crippen molar-refractivity contribution in [1.82, 2.24) is 4.98 Å². The number of carbonyl (C=O) groups is 2. The Morgan fingerprint density at radius 2 is 1.61 bits per heavy atom. The third kappa shape index (κ3) is 8.54. The highest BCUT2D eigenvalue weighted by Gasteiger charge is 2.23. The van der Waals surface area contributed by atoms with Gasteiger partial charge in [0.25, 0.3) is 0 Å². The van der Waals surface area contributed by atoms with Crippen LogP contribution in [0.2, 0.25) is 0 Å². The van der Waals surface area contributed by atoms with Crippen LogP contribution >= 0.6 is 0 Å². The van der Waals surface area contributed by atoms with E-state index in [1.54, 1.807) is 37.8 Å². The van der Waals surface area contributed by atoms with Gasteiger partial charge < -0.3 is 15.2 Å². The van der Waals surface area contributed by atoms with Crippen LogP contribution in [0.1, 0.15) is 47.2 Å². The van der Waals surface area contributed by atoms with Gasteiger partial charge in [-0.3, -0.25) is 10.2 Å². The van der Waals surface area contributed by atoms with Crippen LogP contribution in [0.25, 0.3) is 0 Å². The van der Waals surface area contributed by atoms with Crippen molar-refractivity contribution in [3.63, 3.8) is 0 Å². The van der Waals surface area contributed by atoms with Crippen LogP contribution in [0.3, 0.4) is 0 Å². The minimum atomic E-state index is -0.628. The molecule has 3 N–H and O–H groups in total. The van der Waals surface area contributed by atoms with E-state index in [9.17, 15) is 9.59 Å². The van der Waals surface area contributed by atoms with E-state index in [0.717, 1.165) is 0 Å². The number of carbonyl (C=O) groups excluding carboxylic acids is 2. The number of nitrogens with two attached hydrogens (primary N) is 1. The Labute approximate surface area is 183 Å². The summed E-state index contributed by atoms with van der Waals surface area (Å²) in [6.45, 7) is 11.1. The van der Waals surface area contributed by atoms with E-state index in [0.29, 0.717) is 30.0 Å². The lowest BCUT2D eigenvalue weighted by atomic mass is 10.2. The predicted octanol–water partition coefficient (Wildman–Crippen LogP) is 5.00. The Balaban J connectivity index is 2.16. The van der Waals surface area contributed by atoms with Gasteiger partial charge in [-0.05, 0) is 59.7 Å². The number of benzene rings is 1. The highest BCUT2D eigenvalue weighted by molar-refractivity contribution is 5.88. The Hall–Kier alpha value is -3.29. The summed E-state index contributed by atoms with van der Waals surface area (Å²) in [4.78, 5) is 30.8. The fourth-order valence-corrected chi connectivity index (χ4v) is 2.69. The van der Waals surface area contributed by atoms with E-state index in [1.807, 2.05) is 51.1 Å². The monoisotopic (exact) mass is 428 g/mol. The first kappa shape index (κ1) is 24.0. The summed E-state index contributed by atoms with van der Waals surface area (Å²) in [6.07, 6.45) is -0.659. The van der Waals surface area contributed by atoms with Gasteiger partial charge in [-0.2, -0.15) is 0 Å². The quantitative estimate of drug-likeness (QED) is 0.694. The van der Waals surface area contributed by atoms with Crippen molar-refractivity contribution < 1.29 is 19.1 Å². The molecule has 8 nitrogen and oxygen atoms in total. The van der Waals surface area contributed by atoms with Crippen LogP contribution in [0, 0.1) is 0 Å². The molecule has 0 fully saturated rings. The van der Waals surface area contributed by atoms with Crippen LogP contribution < -0.4 is 16.0 Å². The second-order valence-corrected chi connectivity index (χ2v) is 9.12. The van der Waals surface area contributed by atoms with Gasteiger partial charge in [-0.15, -0.1) is 0 Å². The number of aromatic nitrogens is 1. The Morgan fingerprint density at radius 3 is 2.19 bits per heavy atom. The molecule has 0 unspecified atom stereocenters. The normalized spacial score (nSPS) is 11.5. The number of nitrogens with one attached hydrogen (secondary N) is 1. The molecule has 0 saturated carbocycles. The van der Waals surface area contributed by atoms with Crippen LogP contribution in [0.4, 0.5) is 26.8 Å². The highest BCUT2D eigenvalue weighted by Crippen LogP contribution is 2.20. The molecule has 0 radical (unpaired) electrons. The summed E-state index contributed by atoms with van der Waals surface area (Å²) in [5.41, 5.74) is 6.52. The summed E-state index contributed by atoms with van der Waals surface area (Å²) >= 11 is 0.